The van der Waals surface area contributed by atoms with Crippen molar-refractivity contribution in [3.63, 3.8) is 0 Å². The van der Waals surface area contributed by atoms with Crippen molar-refractivity contribution in [1.82, 2.24) is 9.97 Å². The van der Waals surface area contributed by atoms with Crippen LogP contribution >= 0.6 is 0 Å². The van der Waals surface area contributed by atoms with E-state index in [1.54, 1.807) is 0 Å². The van der Waals surface area contributed by atoms with Crippen LogP contribution < -0.4 is 0 Å². The van der Waals surface area contributed by atoms with Crippen LogP contribution in [0.3, 0.4) is 0 Å². The average molecular weight is 871 g/mol. The summed E-state index contributed by atoms with van der Waals surface area (Å²) in [4.78, 5) is 8.97. The van der Waals surface area contributed by atoms with Crippen LogP contribution in [0.1, 0.15) is 5.56 Å². The van der Waals surface area contributed by atoms with Crippen molar-refractivity contribution in [3.05, 3.63) is 182 Å². The fourth-order valence-electron chi connectivity index (χ4n) is 7.23. The van der Waals surface area contributed by atoms with Crippen LogP contribution in [0.15, 0.2) is 173 Å². The average Bonchev–Trinajstić information content (AvgIpc) is 3.77. The van der Waals surface area contributed by atoms with Gasteiger partial charge in [-0.1, -0.05) is 66.7 Å². The first kappa shape index (κ1) is 33.4. The molecule has 1 radical (unpaired) electrons. The van der Waals surface area contributed by atoms with Crippen molar-refractivity contribution in [2.75, 3.05) is 0 Å². The Morgan fingerprint density at radius 3 is 1.72 bits per heavy atom. The van der Waals surface area contributed by atoms with Gasteiger partial charge in [0.1, 0.15) is 22.3 Å². The molecule has 4 heterocycles. The number of fused-ring (bicyclic) bond motifs is 9. The summed E-state index contributed by atoms with van der Waals surface area (Å²) in [6.45, 7) is 2.03. The molecule has 0 saturated heterocycles. The van der Waals surface area contributed by atoms with E-state index in [-0.39, 0.29) is 20.1 Å². The molecule has 4 aromatic heterocycles. The third kappa shape index (κ3) is 5.94. The Labute approximate surface area is 325 Å². The number of hydrogen-bond donors (Lipinski definition) is 0. The van der Waals surface area contributed by atoms with E-state index in [9.17, 15) is 0 Å². The quantitative estimate of drug-likeness (QED) is 0.166. The van der Waals surface area contributed by atoms with Crippen molar-refractivity contribution < 1.29 is 28.9 Å². The summed E-state index contributed by atoms with van der Waals surface area (Å²) < 4.78 is 13.3. The summed E-state index contributed by atoms with van der Waals surface area (Å²) in [5.41, 5.74) is 10.5. The molecule has 7 aromatic carbocycles. The maximum atomic E-state index is 6.69. The molecule has 0 spiro atoms. The van der Waals surface area contributed by atoms with Crippen LogP contribution in [0.4, 0.5) is 0 Å². The van der Waals surface area contributed by atoms with Crippen LogP contribution in [0.5, 0.6) is 0 Å². The fraction of sp³-hybridized carbons (Fsp3) is 0.0204. The molecule has 0 saturated carbocycles. The molecule has 5 heteroatoms. The van der Waals surface area contributed by atoms with Gasteiger partial charge in [0, 0.05) is 54.2 Å². The number of pyridine rings is 2. The number of aryl methyl sites for hydroxylation is 1. The number of furan rings is 2. The Morgan fingerprint density at radius 2 is 1.09 bits per heavy atom. The number of benzene rings is 7. The van der Waals surface area contributed by atoms with Gasteiger partial charge < -0.3 is 18.8 Å². The van der Waals surface area contributed by atoms with Gasteiger partial charge in [-0.15, -0.1) is 71.8 Å². The Kier molecular flexibility index (Phi) is 8.59. The topological polar surface area (TPSA) is 52.1 Å². The first-order chi connectivity index (χ1) is 26.2. The van der Waals surface area contributed by atoms with Crippen molar-refractivity contribution in [3.8, 4) is 33.6 Å². The van der Waals surface area contributed by atoms with E-state index in [4.69, 9.17) is 8.83 Å². The van der Waals surface area contributed by atoms with Crippen LogP contribution in [0.2, 0.25) is 0 Å². The van der Waals surface area contributed by atoms with E-state index < -0.39 is 0 Å². The molecule has 0 fully saturated rings. The second-order valence-electron chi connectivity index (χ2n) is 13.3. The number of aromatic nitrogens is 2. The molecule has 0 atom stereocenters. The van der Waals surface area contributed by atoms with Crippen LogP contribution in [-0.4, -0.2) is 9.97 Å². The minimum absolute atomic E-state index is 0. The molecule has 11 aromatic rings. The molecule has 0 amide bonds. The molecule has 0 unspecified atom stereocenters. The maximum Gasteiger partial charge on any atom is 0.147 e. The molecule has 259 valence electrons. The zero-order valence-corrected chi connectivity index (χ0v) is 31.5. The Hall–Kier alpha value is -6.39. The maximum absolute atomic E-state index is 6.69. The second-order valence-corrected chi connectivity index (χ2v) is 13.3. The number of hydrogen-bond acceptors (Lipinski definition) is 4. The van der Waals surface area contributed by atoms with Gasteiger partial charge in [0.2, 0.25) is 0 Å². The van der Waals surface area contributed by atoms with Gasteiger partial charge in [-0.25, -0.2) is 0 Å². The molecular formula is C49H30IrN2O2-2. The van der Waals surface area contributed by atoms with E-state index in [1.165, 1.54) is 16.3 Å². The van der Waals surface area contributed by atoms with Gasteiger partial charge in [0.05, 0.1) is 5.39 Å². The Morgan fingerprint density at radius 1 is 0.500 bits per heavy atom. The molecule has 0 aliphatic heterocycles. The largest absolute Gasteiger partial charge is 0.455 e. The Bertz CT molecular complexity index is 3110. The normalized spacial score (nSPS) is 11.3. The molecule has 4 nitrogen and oxygen atoms in total. The predicted molar refractivity (Wildman–Crippen MR) is 217 cm³/mol. The zero-order chi connectivity index (χ0) is 35.3. The van der Waals surface area contributed by atoms with Crippen molar-refractivity contribution >= 4 is 65.4 Å². The van der Waals surface area contributed by atoms with E-state index >= 15 is 0 Å². The molecule has 0 bridgehead atoms. The third-order valence-corrected chi connectivity index (χ3v) is 9.86. The summed E-state index contributed by atoms with van der Waals surface area (Å²) in [5.74, 6) is 0. The first-order valence-electron chi connectivity index (χ1n) is 17.6. The second kappa shape index (κ2) is 13.9. The molecule has 0 aliphatic rings. The smallest absolute Gasteiger partial charge is 0.147 e. The SMILES string of the molecule is Cc1ccc(-c2[c-]cccc2)nc1.[Ir].[c-]1ccccc1-c1cc(-c2cc3c4cc5ccccc5cc4oc3c3c2oc2cc4ccccc4cc23)ccn1. The van der Waals surface area contributed by atoms with E-state index in [2.05, 4.69) is 119 Å². The van der Waals surface area contributed by atoms with E-state index in [0.29, 0.717) is 0 Å². The monoisotopic (exact) mass is 871 g/mol. The van der Waals surface area contributed by atoms with Crippen LogP contribution in [0, 0.1) is 19.1 Å². The summed E-state index contributed by atoms with van der Waals surface area (Å²) in [6.07, 6.45) is 3.73. The Balaban J connectivity index is 0.000000234. The first-order valence-corrected chi connectivity index (χ1v) is 17.6. The molecular weight excluding hydrogens is 841 g/mol. The summed E-state index contributed by atoms with van der Waals surface area (Å²) in [7, 11) is 0. The summed E-state index contributed by atoms with van der Waals surface area (Å²) in [5, 5.41) is 8.88. The molecule has 54 heavy (non-hydrogen) atoms. The van der Waals surface area contributed by atoms with Gasteiger partial charge in [-0.05, 0) is 87.4 Å². The van der Waals surface area contributed by atoms with Crippen LogP contribution in [0.25, 0.3) is 99.1 Å². The van der Waals surface area contributed by atoms with Gasteiger partial charge in [-0.2, -0.15) is 0 Å². The van der Waals surface area contributed by atoms with Crippen molar-refractivity contribution in [2.45, 2.75) is 6.92 Å². The van der Waals surface area contributed by atoms with E-state index in [0.717, 1.165) is 88.3 Å². The molecule has 11 rings (SSSR count). The third-order valence-electron chi connectivity index (χ3n) is 9.86. The van der Waals surface area contributed by atoms with Gasteiger partial charge in [-0.3, -0.25) is 0 Å². The summed E-state index contributed by atoms with van der Waals surface area (Å²) in [6, 6.07) is 58.2. The zero-order valence-electron chi connectivity index (χ0n) is 29.1. The van der Waals surface area contributed by atoms with Gasteiger partial charge >= 0.3 is 0 Å². The minimum atomic E-state index is 0. The number of nitrogens with zero attached hydrogens (tertiary/aromatic N) is 2. The molecule has 0 N–H and O–H groups in total. The van der Waals surface area contributed by atoms with Crippen molar-refractivity contribution in [2.24, 2.45) is 0 Å². The standard InChI is InChI=1S/C37H20NO2.C12H10N.Ir/c1-2-8-22(9-3-1)32-18-27(14-15-38-32)28-21-30-29-16-23-10-4-6-12-25(23)19-33(29)39-37(30)35-31-17-24-11-5-7-13-26(24)20-34(31)40-36(28)35;1-10-7-8-12(13-9-10)11-5-3-2-4-6-11;/h1-8,10-21H;2-5,7-9H,1H3;/q2*-1;. The predicted octanol–water partition coefficient (Wildman–Crippen LogP) is 13.2. The summed E-state index contributed by atoms with van der Waals surface area (Å²) >= 11 is 0. The minimum Gasteiger partial charge on any atom is -0.455 e. The van der Waals surface area contributed by atoms with Gasteiger partial charge in [0.25, 0.3) is 0 Å². The van der Waals surface area contributed by atoms with Gasteiger partial charge in [0.15, 0.2) is 0 Å². The fourth-order valence-corrected chi connectivity index (χ4v) is 7.23. The molecule has 0 aliphatic carbocycles. The van der Waals surface area contributed by atoms with Crippen molar-refractivity contribution in [1.29, 1.82) is 0 Å². The van der Waals surface area contributed by atoms with Crippen LogP contribution in [-0.2, 0) is 20.1 Å². The number of rotatable bonds is 3. The van der Waals surface area contributed by atoms with E-state index in [1.807, 2.05) is 73.9 Å².